The first-order chi connectivity index (χ1) is 12.2. The van der Waals surface area contributed by atoms with Crippen LogP contribution in [0.5, 0.6) is 0 Å². The van der Waals surface area contributed by atoms with Gasteiger partial charge < -0.3 is 9.68 Å². The van der Waals surface area contributed by atoms with Crippen molar-refractivity contribution in [1.82, 2.24) is 0 Å². The first-order valence-electron chi connectivity index (χ1n) is 7.93. The summed E-state index contributed by atoms with van der Waals surface area (Å²) in [5.74, 6) is 6.19. The van der Waals surface area contributed by atoms with Gasteiger partial charge in [-0.1, -0.05) is 58.2 Å². The second kappa shape index (κ2) is 6.27. The Morgan fingerprint density at radius 3 is 2.88 bits per heavy atom. The van der Waals surface area contributed by atoms with Gasteiger partial charge in [-0.2, -0.15) is 0 Å². The number of hydrogen-bond donors (Lipinski definition) is 0. The molecule has 5 heteroatoms. The SMILES string of the molecule is CO/N=C1/CC2(CC(C#Cc3cccc(Cl)c3)=NO2)c2ccccc21. The standard InChI is InChI=1S/C20H15ClN2O2/c1-24-23-19-13-20(18-8-3-2-7-17(18)19)12-16(22-25-20)10-9-14-5-4-6-15(21)11-14/h2-8,11H,12-13H2,1H3/b23-19-. The molecular weight excluding hydrogens is 336 g/mol. The maximum atomic E-state index is 5.99. The molecule has 0 aromatic heterocycles. The molecule has 2 aromatic carbocycles. The number of fused-ring (bicyclic) bond motifs is 2. The van der Waals surface area contributed by atoms with Crippen LogP contribution in [0.15, 0.2) is 58.8 Å². The molecule has 4 nitrogen and oxygen atoms in total. The van der Waals surface area contributed by atoms with Gasteiger partial charge in [0.15, 0.2) is 5.60 Å². The van der Waals surface area contributed by atoms with Crippen LogP contribution < -0.4 is 0 Å². The molecule has 1 unspecified atom stereocenters. The fourth-order valence-corrected chi connectivity index (χ4v) is 3.47. The van der Waals surface area contributed by atoms with E-state index >= 15 is 0 Å². The molecule has 0 bridgehead atoms. The van der Waals surface area contributed by atoms with E-state index in [9.17, 15) is 0 Å². The lowest BCUT2D eigenvalue weighted by Gasteiger charge is -2.20. The average molecular weight is 351 g/mol. The number of benzene rings is 2. The fraction of sp³-hybridized carbons (Fsp3) is 0.200. The van der Waals surface area contributed by atoms with Crippen LogP contribution in [0.1, 0.15) is 29.5 Å². The maximum Gasteiger partial charge on any atom is 0.175 e. The summed E-state index contributed by atoms with van der Waals surface area (Å²) in [4.78, 5) is 10.8. The third-order valence-corrected chi connectivity index (χ3v) is 4.58. The zero-order valence-electron chi connectivity index (χ0n) is 13.6. The van der Waals surface area contributed by atoms with E-state index in [-0.39, 0.29) is 0 Å². The van der Waals surface area contributed by atoms with E-state index in [4.69, 9.17) is 21.3 Å². The Kier molecular flexibility index (Phi) is 3.95. The van der Waals surface area contributed by atoms with Crippen molar-refractivity contribution in [2.45, 2.75) is 18.4 Å². The van der Waals surface area contributed by atoms with Gasteiger partial charge in [0.05, 0.1) is 5.71 Å². The molecule has 4 rings (SSSR count). The maximum absolute atomic E-state index is 5.99. The summed E-state index contributed by atoms with van der Waals surface area (Å²) in [6.07, 6.45) is 1.23. The molecule has 1 heterocycles. The second-order valence-corrected chi connectivity index (χ2v) is 6.44. The van der Waals surface area contributed by atoms with Crippen molar-refractivity contribution in [1.29, 1.82) is 0 Å². The highest BCUT2D eigenvalue weighted by molar-refractivity contribution is 6.30. The molecule has 1 aliphatic carbocycles. The molecule has 0 saturated carbocycles. The van der Waals surface area contributed by atoms with E-state index in [1.807, 2.05) is 42.5 Å². The molecule has 124 valence electrons. The van der Waals surface area contributed by atoms with E-state index in [1.165, 1.54) is 0 Å². The Morgan fingerprint density at radius 2 is 2.04 bits per heavy atom. The predicted octanol–water partition coefficient (Wildman–Crippen LogP) is 4.12. The van der Waals surface area contributed by atoms with Crippen LogP contribution in [-0.4, -0.2) is 18.5 Å². The normalized spacial score (nSPS) is 22.2. The van der Waals surface area contributed by atoms with Crippen LogP contribution in [0.2, 0.25) is 5.02 Å². The van der Waals surface area contributed by atoms with Crippen molar-refractivity contribution in [3.05, 3.63) is 70.2 Å². The molecular formula is C20H15ClN2O2. The minimum atomic E-state index is -0.535. The van der Waals surface area contributed by atoms with E-state index in [0.717, 1.165) is 22.4 Å². The third-order valence-electron chi connectivity index (χ3n) is 4.34. The lowest BCUT2D eigenvalue weighted by Crippen LogP contribution is -2.23. The predicted molar refractivity (Wildman–Crippen MR) is 97.8 cm³/mol. The first-order valence-corrected chi connectivity index (χ1v) is 8.30. The average Bonchev–Trinajstić information content (AvgIpc) is 3.17. The van der Waals surface area contributed by atoms with Crippen molar-refractivity contribution in [3.8, 4) is 11.8 Å². The van der Waals surface area contributed by atoms with Gasteiger partial charge in [-0.25, -0.2) is 0 Å². The number of hydrogen-bond acceptors (Lipinski definition) is 4. The van der Waals surface area contributed by atoms with Crippen molar-refractivity contribution < 1.29 is 9.68 Å². The Balaban J connectivity index is 1.61. The molecule has 1 spiro atoms. The zero-order valence-corrected chi connectivity index (χ0v) is 14.4. The summed E-state index contributed by atoms with van der Waals surface area (Å²) in [6.45, 7) is 0. The van der Waals surface area contributed by atoms with Crippen molar-refractivity contribution in [3.63, 3.8) is 0 Å². The molecule has 0 N–H and O–H groups in total. The molecule has 25 heavy (non-hydrogen) atoms. The molecule has 1 atom stereocenters. The fourth-order valence-electron chi connectivity index (χ4n) is 3.28. The van der Waals surface area contributed by atoms with Gasteiger partial charge >= 0.3 is 0 Å². The summed E-state index contributed by atoms with van der Waals surface area (Å²) in [5.41, 5.74) is 4.03. The van der Waals surface area contributed by atoms with Gasteiger partial charge in [0.2, 0.25) is 0 Å². The van der Waals surface area contributed by atoms with Gasteiger partial charge in [0.25, 0.3) is 0 Å². The van der Waals surface area contributed by atoms with Crippen molar-refractivity contribution in [2.24, 2.45) is 10.3 Å². The molecule has 0 saturated heterocycles. The largest absolute Gasteiger partial charge is 0.399 e. The Bertz CT molecular complexity index is 955. The summed E-state index contributed by atoms with van der Waals surface area (Å²) in [6, 6.07) is 15.5. The second-order valence-electron chi connectivity index (χ2n) is 6.00. The minimum Gasteiger partial charge on any atom is -0.399 e. The Morgan fingerprint density at radius 1 is 1.16 bits per heavy atom. The van der Waals surface area contributed by atoms with Gasteiger partial charge in [-0.15, -0.1) is 0 Å². The van der Waals surface area contributed by atoms with Crippen LogP contribution in [0.4, 0.5) is 0 Å². The smallest absolute Gasteiger partial charge is 0.175 e. The minimum absolute atomic E-state index is 0.535. The zero-order chi connectivity index (χ0) is 17.3. The first kappa shape index (κ1) is 15.7. The molecule has 1 aliphatic heterocycles. The number of nitrogens with zero attached hydrogens (tertiary/aromatic N) is 2. The summed E-state index contributed by atoms with van der Waals surface area (Å²) in [5, 5.41) is 9.03. The Labute approximate surface area is 151 Å². The molecule has 0 radical (unpaired) electrons. The van der Waals surface area contributed by atoms with Gasteiger partial charge in [-0.3, -0.25) is 0 Å². The monoisotopic (exact) mass is 350 g/mol. The van der Waals surface area contributed by atoms with E-state index in [0.29, 0.717) is 23.6 Å². The van der Waals surface area contributed by atoms with E-state index < -0.39 is 5.60 Å². The van der Waals surface area contributed by atoms with Gasteiger partial charge in [-0.05, 0) is 24.1 Å². The van der Waals surface area contributed by atoms with Gasteiger partial charge in [0, 0.05) is 34.6 Å². The van der Waals surface area contributed by atoms with Crippen LogP contribution in [-0.2, 0) is 15.3 Å². The quantitative estimate of drug-likeness (QED) is 0.573. The summed E-state index contributed by atoms with van der Waals surface area (Å²) >= 11 is 5.99. The third kappa shape index (κ3) is 2.88. The molecule has 0 fully saturated rings. The lowest BCUT2D eigenvalue weighted by molar-refractivity contribution is -0.0138. The topological polar surface area (TPSA) is 43.2 Å². The highest BCUT2D eigenvalue weighted by Crippen LogP contribution is 2.45. The number of rotatable bonds is 1. The van der Waals surface area contributed by atoms with Crippen LogP contribution in [0.3, 0.4) is 0 Å². The molecule has 0 amide bonds. The van der Waals surface area contributed by atoms with Gasteiger partial charge in [0.1, 0.15) is 12.8 Å². The highest BCUT2D eigenvalue weighted by Gasteiger charge is 2.48. The van der Waals surface area contributed by atoms with Crippen LogP contribution in [0, 0.1) is 11.8 Å². The van der Waals surface area contributed by atoms with Crippen LogP contribution >= 0.6 is 11.6 Å². The van der Waals surface area contributed by atoms with Crippen molar-refractivity contribution in [2.75, 3.05) is 7.11 Å². The molecule has 2 aromatic rings. The Hall–Kier alpha value is -2.77. The summed E-state index contributed by atoms with van der Waals surface area (Å²) < 4.78 is 0. The van der Waals surface area contributed by atoms with Crippen LogP contribution in [0.25, 0.3) is 0 Å². The number of halogens is 1. The highest BCUT2D eigenvalue weighted by atomic mass is 35.5. The molecule has 2 aliphatic rings. The number of oxime groups is 2. The van der Waals surface area contributed by atoms with E-state index in [1.54, 1.807) is 7.11 Å². The van der Waals surface area contributed by atoms with Crippen molar-refractivity contribution >= 4 is 23.0 Å². The van der Waals surface area contributed by atoms with E-state index in [2.05, 4.69) is 28.2 Å². The lowest BCUT2D eigenvalue weighted by atomic mass is 9.91. The summed E-state index contributed by atoms with van der Waals surface area (Å²) in [7, 11) is 1.55.